The Hall–Kier alpha value is -1.77. The van der Waals surface area contributed by atoms with Gasteiger partial charge in [-0.05, 0) is 19.1 Å². The molecule has 1 aromatic carbocycles. The van der Waals surface area contributed by atoms with Gasteiger partial charge in [0, 0.05) is 17.1 Å². The Morgan fingerprint density at radius 1 is 1.46 bits per heavy atom. The minimum atomic E-state index is -0.392. The van der Waals surface area contributed by atoms with Crippen molar-refractivity contribution in [1.82, 2.24) is 4.98 Å². The van der Waals surface area contributed by atoms with E-state index in [2.05, 4.69) is 4.98 Å². The summed E-state index contributed by atoms with van der Waals surface area (Å²) >= 11 is 0. The number of benzene rings is 1. The molecule has 0 aliphatic rings. The van der Waals surface area contributed by atoms with E-state index in [0.29, 0.717) is 5.56 Å². The number of hydrogen-bond acceptors (Lipinski definition) is 1. The van der Waals surface area contributed by atoms with E-state index < -0.39 is 5.91 Å². The summed E-state index contributed by atoms with van der Waals surface area (Å²) in [7, 11) is 0. The molecule has 2 aromatic rings. The quantitative estimate of drug-likeness (QED) is 0.677. The minimum absolute atomic E-state index is 0.392. The van der Waals surface area contributed by atoms with Crippen molar-refractivity contribution in [2.45, 2.75) is 6.92 Å². The molecular formula is C10H10N2O. The molecule has 0 unspecified atom stereocenters. The third kappa shape index (κ3) is 1.18. The van der Waals surface area contributed by atoms with Gasteiger partial charge in [-0.15, -0.1) is 0 Å². The molecule has 0 saturated heterocycles. The lowest BCUT2D eigenvalue weighted by atomic mass is 10.1. The Bertz CT molecular complexity index is 471. The van der Waals surface area contributed by atoms with E-state index in [9.17, 15) is 4.79 Å². The second-order valence-corrected chi connectivity index (χ2v) is 3.12. The first kappa shape index (κ1) is 7.86. The molecule has 0 spiro atoms. The van der Waals surface area contributed by atoms with Crippen LogP contribution in [0.4, 0.5) is 0 Å². The van der Waals surface area contributed by atoms with Crippen molar-refractivity contribution in [2.24, 2.45) is 5.73 Å². The van der Waals surface area contributed by atoms with Gasteiger partial charge in [0.25, 0.3) is 5.91 Å². The summed E-state index contributed by atoms with van der Waals surface area (Å²) in [6.07, 6.45) is 1.65. The number of aromatic amines is 1. The van der Waals surface area contributed by atoms with Crippen molar-refractivity contribution in [3.8, 4) is 0 Å². The number of nitrogens with two attached hydrogens (primary N) is 1. The molecule has 3 nitrogen and oxygen atoms in total. The fraction of sp³-hybridized carbons (Fsp3) is 0.100. The Balaban J connectivity index is 2.79. The number of H-pyrrole nitrogens is 1. The summed E-state index contributed by atoms with van der Waals surface area (Å²) in [4.78, 5) is 14.0. The van der Waals surface area contributed by atoms with E-state index in [1.165, 1.54) is 0 Å². The third-order valence-electron chi connectivity index (χ3n) is 2.10. The topological polar surface area (TPSA) is 58.9 Å². The van der Waals surface area contributed by atoms with Gasteiger partial charge in [0.1, 0.15) is 0 Å². The van der Waals surface area contributed by atoms with E-state index in [0.717, 1.165) is 16.5 Å². The van der Waals surface area contributed by atoms with Crippen LogP contribution in [-0.4, -0.2) is 10.9 Å². The third-order valence-corrected chi connectivity index (χ3v) is 2.10. The number of nitrogens with one attached hydrogen (secondary N) is 1. The molecule has 0 saturated carbocycles. The van der Waals surface area contributed by atoms with Crippen LogP contribution in [0.15, 0.2) is 24.4 Å². The largest absolute Gasteiger partial charge is 0.366 e. The minimum Gasteiger partial charge on any atom is -0.366 e. The van der Waals surface area contributed by atoms with Crippen molar-refractivity contribution in [2.75, 3.05) is 0 Å². The molecule has 1 heterocycles. The fourth-order valence-electron chi connectivity index (χ4n) is 1.44. The van der Waals surface area contributed by atoms with Crippen molar-refractivity contribution in [3.63, 3.8) is 0 Å². The average molecular weight is 174 g/mol. The van der Waals surface area contributed by atoms with Gasteiger partial charge in [-0.2, -0.15) is 0 Å². The lowest BCUT2D eigenvalue weighted by Crippen LogP contribution is -2.09. The lowest BCUT2D eigenvalue weighted by Gasteiger charge is -1.94. The maximum absolute atomic E-state index is 11.0. The number of carbonyl (C=O) groups is 1. The van der Waals surface area contributed by atoms with Gasteiger partial charge in [0.15, 0.2) is 0 Å². The van der Waals surface area contributed by atoms with Crippen molar-refractivity contribution < 1.29 is 4.79 Å². The zero-order valence-electron chi connectivity index (χ0n) is 7.29. The van der Waals surface area contributed by atoms with E-state index in [-0.39, 0.29) is 0 Å². The first-order valence-corrected chi connectivity index (χ1v) is 4.06. The smallest absolute Gasteiger partial charge is 0.250 e. The molecule has 66 valence electrons. The summed E-state index contributed by atoms with van der Waals surface area (Å²) in [5.74, 6) is -0.392. The van der Waals surface area contributed by atoms with Crippen molar-refractivity contribution >= 4 is 16.8 Å². The summed E-state index contributed by atoms with van der Waals surface area (Å²) in [6, 6.07) is 5.88. The van der Waals surface area contributed by atoms with E-state index in [1.54, 1.807) is 6.20 Å². The second kappa shape index (κ2) is 2.62. The number of rotatable bonds is 1. The van der Waals surface area contributed by atoms with E-state index >= 15 is 0 Å². The van der Waals surface area contributed by atoms with E-state index in [1.807, 2.05) is 25.1 Å². The van der Waals surface area contributed by atoms with Crippen molar-refractivity contribution in [3.05, 3.63) is 35.5 Å². The summed E-state index contributed by atoms with van der Waals surface area (Å²) in [5, 5.41) is 0.896. The maximum atomic E-state index is 11.0. The van der Waals surface area contributed by atoms with Gasteiger partial charge in [-0.25, -0.2) is 0 Å². The summed E-state index contributed by atoms with van der Waals surface area (Å²) < 4.78 is 0. The number of primary amides is 1. The van der Waals surface area contributed by atoms with Crippen LogP contribution in [-0.2, 0) is 0 Å². The molecule has 0 fully saturated rings. The van der Waals surface area contributed by atoms with Crippen LogP contribution in [0.5, 0.6) is 0 Å². The Kier molecular flexibility index (Phi) is 1.59. The molecule has 3 N–H and O–H groups in total. The first-order valence-electron chi connectivity index (χ1n) is 4.06. The lowest BCUT2D eigenvalue weighted by molar-refractivity contribution is 0.100. The first-order chi connectivity index (χ1) is 6.18. The Morgan fingerprint density at radius 2 is 2.23 bits per heavy atom. The SMILES string of the molecule is Cc1ccc2[nH]cc(C(N)=O)c2c1. The van der Waals surface area contributed by atoms with Crippen LogP contribution in [0.25, 0.3) is 10.9 Å². The van der Waals surface area contributed by atoms with Crippen LogP contribution in [0.2, 0.25) is 0 Å². The molecule has 0 aliphatic heterocycles. The highest BCUT2D eigenvalue weighted by Crippen LogP contribution is 2.18. The zero-order valence-corrected chi connectivity index (χ0v) is 7.29. The fourth-order valence-corrected chi connectivity index (χ4v) is 1.44. The standard InChI is InChI=1S/C10H10N2O/c1-6-2-3-9-7(4-6)8(5-12-9)10(11)13/h2-5,12H,1H3,(H2,11,13). The highest BCUT2D eigenvalue weighted by atomic mass is 16.1. The Labute approximate surface area is 75.6 Å². The normalized spacial score (nSPS) is 10.5. The molecule has 0 radical (unpaired) electrons. The molecule has 13 heavy (non-hydrogen) atoms. The number of aryl methyl sites for hydroxylation is 1. The molecule has 3 heteroatoms. The van der Waals surface area contributed by atoms with Crippen LogP contribution in [0.3, 0.4) is 0 Å². The van der Waals surface area contributed by atoms with Crippen LogP contribution in [0.1, 0.15) is 15.9 Å². The number of fused-ring (bicyclic) bond motifs is 1. The van der Waals surface area contributed by atoms with Gasteiger partial charge in [0.2, 0.25) is 0 Å². The van der Waals surface area contributed by atoms with Gasteiger partial charge < -0.3 is 10.7 Å². The highest BCUT2D eigenvalue weighted by molar-refractivity contribution is 6.06. The number of aromatic nitrogens is 1. The van der Waals surface area contributed by atoms with Gasteiger partial charge >= 0.3 is 0 Å². The number of hydrogen-bond donors (Lipinski definition) is 2. The van der Waals surface area contributed by atoms with Crippen molar-refractivity contribution in [1.29, 1.82) is 0 Å². The monoisotopic (exact) mass is 174 g/mol. The summed E-state index contributed by atoms with van der Waals surface area (Å²) in [6.45, 7) is 1.98. The van der Waals surface area contributed by atoms with Gasteiger partial charge in [-0.1, -0.05) is 11.6 Å². The van der Waals surface area contributed by atoms with Crippen LogP contribution < -0.4 is 5.73 Å². The van der Waals surface area contributed by atoms with Gasteiger partial charge in [0.05, 0.1) is 5.56 Å². The molecule has 0 aliphatic carbocycles. The van der Waals surface area contributed by atoms with Crippen LogP contribution >= 0.6 is 0 Å². The molecule has 1 aromatic heterocycles. The van der Waals surface area contributed by atoms with Crippen LogP contribution in [0, 0.1) is 6.92 Å². The molecule has 0 atom stereocenters. The number of amides is 1. The highest BCUT2D eigenvalue weighted by Gasteiger charge is 2.07. The second-order valence-electron chi connectivity index (χ2n) is 3.12. The predicted octanol–water partition coefficient (Wildman–Crippen LogP) is 1.58. The maximum Gasteiger partial charge on any atom is 0.250 e. The Morgan fingerprint density at radius 3 is 2.92 bits per heavy atom. The zero-order chi connectivity index (χ0) is 9.42. The molecule has 1 amide bonds. The average Bonchev–Trinajstić information content (AvgIpc) is 2.46. The van der Waals surface area contributed by atoms with Gasteiger partial charge in [-0.3, -0.25) is 4.79 Å². The molecular weight excluding hydrogens is 164 g/mol. The van der Waals surface area contributed by atoms with E-state index in [4.69, 9.17) is 5.73 Å². The number of carbonyl (C=O) groups excluding carboxylic acids is 1. The predicted molar refractivity (Wildman–Crippen MR) is 51.6 cm³/mol. The molecule has 2 rings (SSSR count). The molecule has 0 bridgehead atoms. The summed E-state index contributed by atoms with van der Waals surface area (Å²) in [5.41, 5.74) is 7.83.